The van der Waals surface area contributed by atoms with Crippen LogP contribution in [0.3, 0.4) is 0 Å². The Labute approximate surface area is 181 Å². The first-order chi connectivity index (χ1) is 15.1. The predicted molar refractivity (Wildman–Crippen MR) is 112 cm³/mol. The Kier molecular flexibility index (Phi) is 6.02. The number of fused-ring (bicyclic) bond motifs is 1. The van der Waals surface area contributed by atoms with Crippen molar-refractivity contribution in [1.29, 1.82) is 0 Å². The highest BCUT2D eigenvalue weighted by Gasteiger charge is 2.45. The van der Waals surface area contributed by atoms with E-state index in [0.717, 1.165) is 18.4 Å². The normalized spacial score (nSPS) is 16.5. The number of ether oxygens (including phenoxy) is 5. The van der Waals surface area contributed by atoms with E-state index in [2.05, 4.69) is 0 Å². The molecule has 0 radical (unpaired) electrons. The van der Waals surface area contributed by atoms with Crippen LogP contribution in [0.25, 0.3) is 0 Å². The average Bonchev–Trinajstić information content (AvgIpc) is 3.33. The van der Waals surface area contributed by atoms with Gasteiger partial charge in [-0.2, -0.15) is 0 Å². The molecule has 0 unspecified atom stereocenters. The maximum absolute atomic E-state index is 13.2. The summed E-state index contributed by atoms with van der Waals surface area (Å²) in [6, 6.07) is 10.5. The maximum Gasteiger partial charge on any atom is 0.317 e. The maximum atomic E-state index is 13.2. The second-order valence-corrected chi connectivity index (χ2v) is 7.71. The predicted octanol–water partition coefficient (Wildman–Crippen LogP) is 3.71. The number of esters is 1. The number of Topliss-reactive ketones (excluding diaryl/α,β-unsaturated/α-hetero) is 1. The monoisotopic (exact) mass is 426 g/mol. The van der Waals surface area contributed by atoms with Gasteiger partial charge in [0.25, 0.3) is 0 Å². The number of hydrogen-bond acceptors (Lipinski definition) is 7. The van der Waals surface area contributed by atoms with E-state index in [0.29, 0.717) is 54.6 Å². The van der Waals surface area contributed by atoms with E-state index in [1.165, 1.54) is 14.2 Å². The zero-order valence-corrected chi connectivity index (χ0v) is 17.8. The summed E-state index contributed by atoms with van der Waals surface area (Å²) < 4.78 is 27.3. The summed E-state index contributed by atoms with van der Waals surface area (Å²) in [5.74, 6) is 1.51. The lowest BCUT2D eigenvalue weighted by Gasteiger charge is -2.28. The van der Waals surface area contributed by atoms with E-state index in [1.54, 1.807) is 18.2 Å². The molecular formula is C24H26O7. The minimum atomic E-state index is -0.783. The highest BCUT2D eigenvalue weighted by molar-refractivity contribution is 6.01. The average molecular weight is 426 g/mol. The molecule has 2 aromatic rings. The van der Waals surface area contributed by atoms with E-state index < -0.39 is 11.4 Å². The van der Waals surface area contributed by atoms with Gasteiger partial charge in [0.2, 0.25) is 5.78 Å². The number of methoxy groups -OCH3 is 2. The molecule has 1 aliphatic heterocycles. The summed E-state index contributed by atoms with van der Waals surface area (Å²) >= 11 is 0. The first-order valence-corrected chi connectivity index (χ1v) is 10.4. The summed E-state index contributed by atoms with van der Waals surface area (Å²) in [7, 11) is 3.01. The van der Waals surface area contributed by atoms with Gasteiger partial charge in [0, 0.05) is 0 Å². The Morgan fingerprint density at radius 2 is 1.68 bits per heavy atom. The van der Waals surface area contributed by atoms with E-state index in [1.807, 2.05) is 18.2 Å². The van der Waals surface area contributed by atoms with Gasteiger partial charge in [-0.1, -0.05) is 18.9 Å². The molecule has 0 bridgehead atoms. The van der Waals surface area contributed by atoms with Crippen LogP contribution in [0, 0.1) is 0 Å². The molecule has 0 amide bonds. The zero-order chi connectivity index (χ0) is 21.8. The van der Waals surface area contributed by atoms with Gasteiger partial charge in [-0.3, -0.25) is 9.59 Å². The van der Waals surface area contributed by atoms with Gasteiger partial charge in [-0.15, -0.1) is 0 Å². The minimum absolute atomic E-state index is 0.314. The molecule has 0 saturated heterocycles. The van der Waals surface area contributed by atoms with Crippen molar-refractivity contribution >= 4 is 11.8 Å². The third kappa shape index (κ3) is 4.04. The fraction of sp³-hybridized carbons (Fsp3) is 0.417. The number of carbonyl (C=O) groups is 2. The first kappa shape index (κ1) is 21.0. The Morgan fingerprint density at radius 1 is 0.935 bits per heavy atom. The molecule has 1 saturated carbocycles. The van der Waals surface area contributed by atoms with Crippen molar-refractivity contribution in [3.8, 4) is 23.0 Å². The highest BCUT2D eigenvalue weighted by atomic mass is 16.6. The molecular weight excluding hydrogens is 400 g/mol. The Balaban J connectivity index is 1.53. The summed E-state index contributed by atoms with van der Waals surface area (Å²) in [5.41, 5.74) is 0.370. The number of rotatable bonds is 7. The summed E-state index contributed by atoms with van der Waals surface area (Å²) in [4.78, 5) is 26.0. The molecule has 1 aliphatic carbocycles. The Morgan fingerprint density at radius 3 is 2.39 bits per heavy atom. The lowest BCUT2D eigenvalue weighted by atomic mass is 9.78. The van der Waals surface area contributed by atoms with Gasteiger partial charge in [0.15, 0.2) is 18.1 Å². The summed E-state index contributed by atoms with van der Waals surface area (Å²) in [6.07, 6.45) is 3.17. The van der Waals surface area contributed by atoms with Crippen molar-refractivity contribution in [3.05, 3.63) is 47.5 Å². The van der Waals surface area contributed by atoms with Crippen molar-refractivity contribution in [1.82, 2.24) is 0 Å². The molecule has 1 fully saturated rings. The van der Waals surface area contributed by atoms with Crippen LogP contribution in [-0.2, 0) is 14.9 Å². The molecule has 0 N–H and O–H groups in total. The van der Waals surface area contributed by atoms with Crippen molar-refractivity contribution < 1.29 is 33.3 Å². The van der Waals surface area contributed by atoms with Crippen molar-refractivity contribution in [2.24, 2.45) is 0 Å². The molecule has 7 nitrogen and oxygen atoms in total. The standard InChI is InChI=1S/C24H26O7/c1-27-17-6-8-20(28-2)18(14-17)19(25)15-31-23(26)24(9-3-4-10-24)16-5-7-21-22(13-16)30-12-11-29-21/h5-8,13-14H,3-4,9-12,15H2,1-2H3. The van der Waals surface area contributed by atoms with Gasteiger partial charge < -0.3 is 23.7 Å². The molecule has 2 aliphatic rings. The second-order valence-electron chi connectivity index (χ2n) is 7.71. The molecule has 0 spiro atoms. The molecule has 1 heterocycles. The van der Waals surface area contributed by atoms with Crippen LogP contribution in [0.5, 0.6) is 23.0 Å². The van der Waals surface area contributed by atoms with Gasteiger partial charge >= 0.3 is 5.97 Å². The van der Waals surface area contributed by atoms with E-state index in [-0.39, 0.29) is 12.4 Å². The summed E-state index contributed by atoms with van der Waals surface area (Å²) in [5, 5.41) is 0. The van der Waals surface area contributed by atoms with Crippen LogP contribution in [0.2, 0.25) is 0 Å². The fourth-order valence-corrected chi connectivity index (χ4v) is 4.31. The quantitative estimate of drug-likeness (QED) is 0.493. The molecule has 0 aromatic heterocycles. The van der Waals surface area contributed by atoms with E-state index >= 15 is 0 Å². The molecule has 2 aromatic carbocycles. The molecule has 164 valence electrons. The molecule has 4 rings (SSSR count). The SMILES string of the molecule is COc1ccc(OC)c(C(=O)COC(=O)C2(c3ccc4c(c3)OCCO4)CCCC2)c1. The first-order valence-electron chi connectivity index (χ1n) is 10.4. The third-order valence-electron chi connectivity index (χ3n) is 5.98. The van der Waals surface area contributed by atoms with Crippen molar-refractivity contribution in [2.75, 3.05) is 34.0 Å². The number of ketones is 1. The fourth-order valence-electron chi connectivity index (χ4n) is 4.31. The zero-order valence-electron chi connectivity index (χ0n) is 17.8. The van der Waals surface area contributed by atoms with Crippen molar-refractivity contribution in [3.63, 3.8) is 0 Å². The summed E-state index contributed by atoms with van der Waals surface area (Å²) in [6.45, 7) is 0.620. The minimum Gasteiger partial charge on any atom is -0.497 e. The van der Waals surface area contributed by atoms with Crippen LogP contribution < -0.4 is 18.9 Å². The largest absolute Gasteiger partial charge is 0.497 e. The lowest BCUT2D eigenvalue weighted by Crippen LogP contribution is -2.36. The second kappa shape index (κ2) is 8.88. The van der Waals surface area contributed by atoms with Gasteiger partial charge in [0.1, 0.15) is 24.7 Å². The smallest absolute Gasteiger partial charge is 0.317 e. The number of hydrogen-bond donors (Lipinski definition) is 0. The number of carbonyl (C=O) groups excluding carboxylic acids is 2. The van der Waals surface area contributed by atoms with Crippen LogP contribution in [-0.4, -0.2) is 45.8 Å². The van der Waals surface area contributed by atoms with Gasteiger partial charge in [-0.05, 0) is 48.7 Å². The highest BCUT2D eigenvalue weighted by Crippen LogP contribution is 2.45. The van der Waals surface area contributed by atoms with Crippen molar-refractivity contribution in [2.45, 2.75) is 31.1 Å². The van der Waals surface area contributed by atoms with E-state index in [9.17, 15) is 9.59 Å². The van der Waals surface area contributed by atoms with Crippen LogP contribution in [0.1, 0.15) is 41.6 Å². The lowest BCUT2D eigenvalue weighted by molar-refractivity contribution is -0.149. The van der Waals surface area contributed by atoms with Crippen LogP contribution in [0.4, 0.5) is 0 Å². The van der Waals surface area contributed by atoms with Gasteiger partial charge in [0.05, 0.1) is 25.2 Å². The Hall–Kier alpha value is -3.22. The molecule has 7 heteroatoms. The Bertz CT molecular complexity index is 976. The third-order valence-corrected chi connectivity index (χ3v) is 5.98. The van der Waals surface area contributed by atoms with E-state index in [4.69, 9.17) is 23.7 Å². The topological polar surface area (TPSA) is 80.3 Å². The van der Waals surface area contributed by atoms with Gasteiger partial charge in [-0.25, -0.2) is 0 Å². The van der Waals surface area contributed by atoms with Crippen LogP contribution >= 0.6 is 0 Å². The molecule has 31 heavy (non-hydrogen) atoms. The van der Waals surface area contributed by atoms with Crippen LogP contribution in [0.15, 0.2) is 36.4 Å². The number of benzene rings is 2. The molecule has 0 atom stereocenters.